The normalized spacial score (nSPS) is 23.4. The Morgan fingerprint density at radius 3 is 2.62 bits per heavy atom. The van der Waals surface area contributed by atoms with Crippen molar-refractivity contribution >= 4 is 5.97 Å². The molecular formula is C20H23NO5. The zero-order valence-corrected chi connectivity index (χ0v) is 15.0. The number of aromatic nitrogens is 1. The van der Waals surface area contributed by atoms with Crippen LogP contribution in [0.4, 0.5) is 0 Å². The largest absolute Gasteiger partial charge is 0.477 e. The molecule has 138 valence electrons. The van der Waals surface area contributed by atoms with E-state index >= 15 is 0 Å². The first-order valence-corrected chi connectivity index (χ1v) is 8.66. The molecule has 1 aliphatic rings. The minimum atomic E-state index is -1.52. The molecule has 1 aromatic heterocycles. The molecule has 0 amide bonds. The van der Waals surface area contributed by atoms with Crippen LogP contribution >= 0.6 is 0 Å². The third-order valence-corrected chi connectivity index (χ3v) is 4.44. The van der Waals surface area contributed by atoms with E-state index in [9.17, 15) is 4.79 Å². The number of nitrogens with zero attached hydrogens (tertiary/aromatic N) is 1. The van der Waals surface area contributed by atoms with E-state index < -0.39 is 11.8 Å². The summed E-state index contributed by atoms with van der Waals surface area (Å²) in [5, 5.41) is 9.05. The molecule has 0 bridgehead atoms. The molecule has 6 nitrogen and oxygen atoms in total. The summed E-state index contributed by atoms with van der Waals surface area (Å²) >= 11 is 0. The fourth-order valence-electron chi connectivity index (χ4n) is 2.71. The van der Waals surface area contributed by atoms with Crippen molar-refractivity contribution in [1.29, 1.82) is 0 Å². The highest BCUT2D eigenvalue weighted by Crippen LogP contribution is 2.24. The first-order chi connectivity index (χ1) is 12.5. The summed E-state index contributed by atoms with van der Waals surface area (Å²) in [6.07, 6.45) is 5.54. The fraction of sp³-hybridized carbons (Fsp3) is 0.400. The van der Waals surface area contributed by atoms with Crippen molar-refractivity contribution < 1.29 is 23.8 Å². The number of carboxylic acid groups (broad SMARTS) is 1. The van der Waals surface area contributed by atoms with Crippen molar-refractivity contribution in [1.82, 2.24) is 4.98 Å². The maximum Gasteiger partial charge on any atom is 0.364 e. The molecule has 1 fully saturated rings. The van der Waals surface area contributed by atoms with E-state index in [0.29, 0.717) is 25.5 Å². The van der Waals surface area contributed by atoms with E-state index in [4.69, 9.17) is 19.0 Å². The fourth-order valence-corrected chi connectivity index (χ4v) is 2.71. The van der Waals surface area contributed by atoms with Crippen molar-refractivity contribution in [2.24, 2.45) is 5.92 Å². The summed E-state index contributed by atoms with van der Waals surface area (Å²) in [5.74, 6) is -1.02. The maximum atomic E-state index is 11.1. The Labute approximate surface area is 152 Å². The van der Waals surface area contributed by atoms with Gasteiger partial charge in [-0.25, -0.2) is 9.78 Å². The summed E-state index contributed by atoms with van der Waals surface area (Å²) in [7, 11) is 0. The predicted molar refractivity (Wildman–Crippen MR) is 95.6 cm³/mol. The summed E-state index contributed by atoms with van der Waals surface area (Å²) in [6.45, 7) is 4.08. The topological polar surface area (TPSA) is 81.8 Å². The lowest BCUT2D eigenvalue weighted by atomic mass is 10.1. The molecule has 1 aromatic carbocycles. The molecule has 3 rings (SSSR count). The van der Waals surface area contributed by atoms with Gasteiger partial charge in [0, 0.05) is 24.8 Å². The van der Waals surface area contributed by atoms with Crippen molar-refractivity contribution in [2.45, 2.75) is 32.5 Å². The van der Waals surface area contributed by atoms with Gasteiger partial charge < -0.3 is 19.0 Å². The molecule has 26 heavy (non-hydrogen) atoms. The lowest BCUT2D eigenvalue weighted by molar-refractivity contribution is -0.270. The van der Waals surface area contributed by atoms with Crippen LogP contribution in [0.25, 0.3) is 11.5 Å². The molecule has 2 heterocycles. The summed E-state index contributed by atoms with van der Waals surface area (Å²) in [6, 6.07) is 9.81. The maximum absolute atomic E-state index is 11.1. The number of benzene rings is 1. The van der Waals surface area contributed by atoms with Gasteiger partial charge in [0.2, 0.25) is 5.89 Å². The molecule has 1 aliphatic heterocycles. The molecule has 0 radical (unpaired) electrons. The van der Waals surface area contributed by atoms with E-state index in [1.165, 1.54) is 6.92 Å². The number of rotatable bonds is 6. The van der Waals surface area contributed by atoms with Crippen LogP contribution in [0.3, 0.4) is 0 Å². The van der Waals surface area contributed by atoms with Gasteiger partial charge >= 0.3 is 5.97 Å². The molecule has 0 atom stereocenters. The van der Waals surface area contributed by atoms with Crippen LogP contribution in [0.1, 0.15) is 24.8 Å². The number of aliphatic carboxylic acids is 1. The van der Waals surface area contributed by atoms with Gasteiger partial charge in [-0.1, -0.05) is 30.4 Å². The predicted octanol–water partition coefficient (Wildman–Crippen LogP) is 3.60. The Hall–Kier alpha value is -2.44. The monoisotopic (exact) mass is 357 g/mol. The van der Waals surface area contributed by atoms with Crippen LogP contribution in [0, 0.1) is 12.8 Å². The van der Waals surface area contributed by atoms with Crippen LogP contribution in [0.2, 0.25) is 0 Å². The summed E-state index contributed by atoms with van der Waals surface area (Å²) in [4.78, 5) is 15.6. The van der Waals surface area contributed by atoms with E-state index in [0.717, 1.165) is 23.4 Å². The third kappa shape index (κ3) is 4.20. The SMILES string of the molecule is Cc1oc(-c2ccccc2)nc1C/C=C/C[C@H]1CO[C@@](C)(C(=O)O)OC1. The zero-order valence-electron chi connectivity index (χ0n) is 15.0. The molecule has 6 heteroatoms. The molecular weight excluding hydrogens is 334 g/mol. The quantitative estimate of drug-likeness (QED) is 0.796. The number of hydrogen-bond donors (Lipinski definition) is 1. The van der Waals surface area contributed by atoms with E-state index in [1.54, 1.807) is 0 Å². The van der Waals surface area contributed by atoms with Gasteiger partial charge in [-0.05, 0) is 25.5 Å². The first-order valence-electron chi connectivity index (χ1n) is 8.66. The smallest absolute Gasteiger partial charge is 0.364 e. The Bertz CT molecular complexity index is 773. The summed E-state index contributed by atoms with van der Waals surface area (Å²) in [5.41, 5.74) is 1.87. The summed E-state index contributed by atoms with van der Waals surface area (Å²) < 4.78 is 16.4. The van der Waals surface area contributed by atoms with E-state index in [2.05, 4.69) is 11.1 Å². The lowest BCUT2D eigenvalue weighted by Gasteiger charge is -2.33. The number of ether oxygens (including phenoxy) is 2. The second kappa shape index (κ2) is 7.85. The van der Waals surface area contributed by atoms with Gasteiger partial charge in [0.1, 0.15) is 5.76 Å². The number of aryl methyl sites for hydroxylation is 1. The molecule has 0 aliphatic carbocycles. The van der Waals surface area contributed by atoms with Gasteiger partial charge in [-0.3, -0.25) is 0 Å². The second-order valence-corrected chi connectivity index (χ2v) is 6.54. The molecule has 0 unspecified atom stereocenters. The van der Waals surface area contributed by atoms with Crippen molar-refractivity contribution in [2.75, 3.05) is 13.2 Å². The van der Waals surface area contributed by atoms with Crippen LogP contribution in [0.5, 0.6) is 0 Å². The van der Waals surface area contributed by atoms with Gasteiger partial charge in [0.05, 0.1) is 18.9 Å². The zero-order chi connectivity index (χ0) is 18.6. The highest BCUT2D eigenvalue weighted by molar-refractivity contribution is 5.75. The molecule has 1 saturated heterocycles. The average molecular weight is 357 g/mol. The van der Waals surface area contributed by atoms with Crippen molar-refractivity contribution in [3.63, 3.8) is 0 Å². The van der Waals surface area contributed by atoms with Gasteiger partial charge in [0.15, 0.2) is 0 Å². The van der Waals surface area contributed by atoms with Crippen LogP contribution in [-0.4, -0.2) is 35.1 Å². The minimum Gasteiger partial charge on any atom is -0.477 e. The highest BCUT2D eigenvalue weighted by Gasteiger charge is 2.40. The number of carbonyl (C=O) groups is 1. The number of carboxylic acids is 1. The standard InChI is InChI=1S/C20H23NO5/c1-14-17(21-18(26-14)16-9-4-3-5-10-16)11-7-6-8-15-12-24-20(2,19(22)23)25-13-15/h3-7,9-10,15H,8,11-13H2,1-2H3,(H,22,23)/b7-6+/t15-,20+. The Morgan fingerprint density at radius 2 is 1.96 bits per heavy atom. The van der Waals surface area contributed by atoms with Crippen LogP contribution < -0.4 is 0 Å². The van der Waals surface area contributed by atoms with E-state index in [-0.39, 0.29) is 5.92 Å². The Balaban J connectivity index is 1.51. The number of allylic oxidation sites excluding steroid dienone is 2. The van der Waals surface area contributed by atoms with Gasteiger partial charge in [0.25, 0.3) is 5.79 Å². The minimum absolute atomic E-state index is 0.150. The molecule has 0 saturated carbocycles. The molecule has 1 N–H and O–H groups in total. The average Bonchev–Trinajstić information content (AvgIpc) is 3.02. The third-order valence-electron chi connectivity index (χ3n) is 4.44. The first kappa shape index (κ1) is 18.4. The van der Waals surface area contributed by atoms with Crippen molar-refractivity contribution in [3.8, 4) is 11.5 Å². The lowest BCUT2D eigenvalue weighted by Crippen LogP contribution is -2.47. The Morgan fingerprint density at radius 1 is 1.27 bits per heavy atom. The molecule has 2 aromatic rings. The van der Waals surface area contributed by atoms with Crippen LogP contribution in [0.15, 0.2) is 46.9 Å². The van der Waals surface area contributed by atoms with Gasteiger partial charge in [-0.2, -0.15) is 0 Å². The van der Waals surface area contributed by atoms with Crippen LogP contribution in [-0.2, 0) is 20.7 Å². The highest BCUT2D eigenvalue weighted by atomic mass is 16.7. The number of oxazole rings is 1. The van der Waals surface area contributed by atoms with Gasteiger partial charge in [-0.15, -0.1) is 0 Å². The number of hydrogen-bond acceptors (Lipinski definition) is 5. The second-order valence-electron chi connectivity index (χ2n) is 6.54. The van der Waals surface area contributed by atoms with Crippen molar-refractivity contribution in [3.05, 3.63) is 53.9 Å². The van der Waals surface area contributed by atoms with E-state index in [1.807, 2.05) is 43.3 Å². The Kier molecular flexibility index (Phi) is 5.54. The molecule has 0 spiro atoms.